The van der Waals surface area contributed by atoms with Crippen LogP contribution in [0.15, 0.2) is 89.8 Å². The van der Waals surface area contributed by atoms with Crippen LogP contribution in [-0.2, 0) is 27.2 Å². The highest BCUT2D eigenvalue weighted by Crippen LogP contribution is 2.21. The van der Waals surface area contributed by atoms with Gasteiger partial charge in [0.25, 0.3) is 0 Å². The quantitative estimate of drug-likeness (QED) is 0.105. The standard InChI is InChI=1S/C23H35NO3.C14H14S.C2H6/c25-22(17-10-2-1-5-12-20-13-6-3-7-14-20)24-19-11-18-23(26)27-21-15-8-4-9-16-21;1-15-14-9-7-13(8-10-14)11-12-5-3-2-4-6-12;1-2/h3,6-7,13-14,21H,1-2,4-5,8-12,15-19H2,(H,24,25);2-10H,11H2,1H3;1-2H3. The van der Waals surface area contributed by atoms with Crippen LogP contribution in [0, 0.1) is 0 Å². The zero-order chi connectivity index (χ0) is 31.7. The number of unbranched alkanes of at least 4 members (excludes halogenated alkanes) is 3. The van der Waals surface area contributed by atoms with E-state index in [0.717, 1.165) is 44.9 Å². The SMILES string of the molecule is CC.CSc1ccc(Cc2ccccc2)cc1.O=C(CCCCCCc1ccccc1)NCCCC(=O)OC1CCCCC1. The average Bonchev–Trinajstić information content (AvgIpc) is 3.08. The molecule has 0 bridgehead atoms. The number of rotatable bonds is 15. The van der Waals surface area contributed by atoms with Crippen molar-refractivity contribution in [2.75, 3.05) is 12.8 Å². The van der Waals surface area contributed by atoms with Crippen molar-refractivity contribution in [2.24, 2.45) is 0 Å². The molecule has 1 amide bonds. The van der Waals surface area contributed by atoms with Crippen LogP contribution in [0.2, 0.25) is 0 Å². The van der Waals surface area contributed by atoms with Crippen molar-refractivity contribution in [3.63, 3.8) is 0 Å². The Balaban J connectivity index is 0.000000333. The zero-order valence-electron chi connectivity index (χ0n) is 27.4. The molecule has 240 valence electrons. The number of amides is 1. The summed E-state index contributed by atoms with van der Waals surface area (Å²) in [7, 11) is 0. The lowest BCUT2D eigenvalue weighted by Crippen LogP contribution is -2.25. The first-order valence-electron chi connectivity index (χ1n) is 16.8. The van der Waals surface area contributed by atoms with Crippen molar-refractivity contribution in [1.29, 1.82) is 0 Å². The predicted molar refractivity (Wildman–Crippen MR) is 187 cm³/mol. The smallest absolute Gasteiger partial charge is 0.306 e. The Morgan fingerprint density at radius 3 is 1.93 bits per heavy atom. The van der Waals surface area contributed by atoms with Crippen LogP contribution >= 0.6 is 11.8 Å². The lowest BCUT2D eigenvalue weighted by molar-refractivity contribution is -0.150. The number of benzene rings is 3. The molecule has 0 radical (unpaired) electrons. The molecule has 1 saturated carbocycles. The number of carbonyl (C=O) groups excluding carboxylic acids is 2. The van der Waals surface area contributed by atoms with Crippen LogP contribution in [0.3, 0.4) is 0 Å². The molecule has 0 unspecified atom stereocenters. The molecule has 0 aliphatic heterocycles. The molecule has 0 atom stereocenters. The van der Waals surface area contributed by atoms with E-state index in [1.54, 1.807) is 11.8 Å². The molecule has 0 aromatic heterocycles. The lowest BCUT2D eigenvalue weighted by atomic mass is 9.98. The van der Waals surface area contributed by atoms with Gasteiger partial charge in [0.05, 0.1) is 0 Å². The summed E-state index contributed by atoms with van der Waals surface area (Å²) in [4.78, 5) is 25.0. The van der Waals surface area contributed by atoms with Gasteiger partial charge in [-0.15, -0.1) is 11.8 Å². The highest BCUT2D eigenvalue weighted by Gasteiger charge is 2.17. The van der Waals surface area contributed by atoms with Crippen LogP contribution < -0.4 is 5.32 Å². The van der Waals surface area contributed by atoms with Gasteiger partial charge < -0.3 is 10.1 Å². The molecule has 5 heteroatoms. The molecule has 0 spiro atoms. The summed E-state index contributed by atoms with van der Waals surface area (Å²) in [5.41, 5.74) is 4.13. The monoisotopic (exact) mass is 617 g/mol. The minimum Gasteiger partial charge on any atom is -0.462 e. The number of nitrogens with one attached hydrogen (secondary N) is 1. The third-order valence-corrected chi connectivity index (χ3v) is 8.35. The third kappa shape index (κ3) is 17.3. The van der Waals surface area contributed by atoms with E-state index in [1.165, 1.54) is 47.3 Å². The second kappa shape index (κ2) is 24.3. The Hall–Kier alpha value is -3.05. The summed E-state index contributed by atoms with van der Waals surface area (Å²) >= 11 is 1.78. The molecular formula is C39H55NO3S. The van der Waals surface area contributed by atoms with E-state index in [4.69, 9.17) is 4.74 Å². The fraction of sp³-hybridized carbons (Fsp3) is 0.487. The topological polar surface area (TPSA) is 55.4 Å². The van der Waals surface area contributed by atoms with Crippen molar-refractivity contribution in [1.82, 2.24) is 5.32 Å². The first kappa shape index (κ1) is 37.1. The molecule has 0 saturated heterocycles. The maximum Gasteiger partial charge on any atom is 0.306 e. The van der Waals surface area contributed by atoms with E-state index in [1.807, 2.05) is 19.9 Å². The molecule has 0 heterocycles. The van der Waals surface area contributed by atoms with Gasteiger partial charge in [0.15, 0.2) is 0 Å². The van der Waals surface area contributed by atoms with Gasteiger partial charge in [-0.1, -0.05) is 106 Å². The van der Waals surface area contributed by atoms with E-state index in [-0.39, 0.29) is 18.0 Å². The summed E-state index contributed by atoms with van der Waals surface area (Å²) in [5, 5.41) is 2.91. The van der Waals surface area contributed by atoms with Crippen LogP contribution in [0.5, 0.6) is 0 Å². The molecule has 1 fully saturated rings. The number of esters is 1. The van der Waals surface area contributed by atoms with Gasteiger partial charge in [-0.3, -0.25) is 9.59 Å². The normalized spacial score (nSPS) is 12.6. The molecule has 1 N–H and O–H groups in total. The van der Waals surface area contributed by atoms with Crippen molar-refractivity contribution in [3.05, 3.63) is 102 Å². The maximum absolute atomic E-state index is 11.8. The predicted octanol–water partition coefficient (Wildman–Crippen LogP) is 9.98. The summed E-state index contributed by atoms with van der Waals surface area (Å²) < 4.78 is 5.48. The van der Waals surface area contributed by atoms with Crippen LogP contribution in [0.4, 0.5) is 0 Å². The van der Waals surface area contributed by atoms with Crippen LogP contribution in [0.1, 0.15) is 108 Å². The molecule has 4 rings (SSSR count). The highest BCUT2D eigenvalue weighted by molar-refractivity contribution is 7.98. The zero-order valence-corrected chi connectivity index (χ0v) is 28.2. The van der Waals surface area contributed by atoms with Gasteiger partial charge >= 0.3 is 5.97 Å². The van der Waals surface area contributed by atoms with Gasteiger partial charge in [0, 0.05) is 24.3 Å². The largest absolute Gasteiger partial charge is 0.462 e. The Kier molecular flexibility index (Phi) is 20.5. The lowest BCUT2D eigenvalue weighted by Gasteiger charge is -2.21. The summed E-state index contributed by atoms with van der Waals surface area (Å²) in [6.45, 7) is 4.56. The molecule has 1 aliphatic carbocycles. The Labute approximate surface area is 271 Å². The van der Waals surface area contributed by atoms with E-state index in [0.29, 0.717) is 25.8 Å². The van der Waals surface area contributed by atoms with E-state index in [2.05, 4.69) is 90.4 Å². The summed E-state index contributed by atoms with van der Waals surface area (Å²) in [6.07, 6.45) is 16.0. The highest BCUT2D eigenvalue weighted by atomic mass is 32.2. The van der Waals surface area contributed by atoms with Crippen molar-refractivity contribution in [2.45, 2.75) is 115 Å². The van der Waals surface area contributed by atoms with Gasteiger partial charge in [-0.25, -0.2) is 0 Å². The van der Waals surface area contributed by atoms with E-state index < -0.39 is 0 Å². The van der Waals surface area contributed by atoms with Crippen LogP contribution in [-0.4, -0.2) is 30.8 Å². The summed E-state index contributed by atoms with van der Waals surface area (Å²) in [5.74, 6) is -0.0201. The first-order valence-corrected chi connectivity index (χ1v) is 18.0. The molecule has 3 aromatic carbocycles. The van der Waals surface area contributed by atoms with E-state index >= 15 is 0 Å². The number of thioether (sulfide) groups is 1. The maximum atomic E-state index is 11.8. The fourth-order valence-electron chi connectivity index (χ4n) is 5.16. The molecule has 3 aromatic rings. The minimum absolute atomic E-state index is 0.0960. The minimum atomic E-state index is -0.116. The first-order chi connectivity index (χ1) is 21.6. The second-order valence-electron chi connectivity index (χ2n) is 11.1. The number of aryl methyl sites for hydroxylation is 1. The second-order valence-corrected chi connectivity index (χ2v) is 12.0. The molecule has 44 heavy (non-hydrogen) atoms. The average molecular weight is 618 g/mol. The van der Waals surface area contributed by atoms with Gasteiger partial charge in [0.2, 0.25) is 5.91 Å². The van der Waals surface area contributed by atoms with Crippen molar-refractivity contribution >= 4 is 23.6 Å². The van der Waals surface area contributed by atoms with Gasteiger partial charge in [-0.05, 0) is 92.9 Å². The van der Waals surface area contributed by atoms with Gasteiger partial charge in [0.1, 0.15) is 6.10 Å². The molecule has 1 aliphatic rings. The Bertz CT molecular complexity index is 1130. The number of hydrogen-bond acceptors (Lipinski definition) is 4. The molecule has 4 nitrogen and oxygen atoms in total. The van der Waals surface area contributed by atoms with Crippen molar-refractivity contribution in [3.8, 4) is 0 Å². The number of ether oxygens (including phenoxy) is 1. The van der Waals surface area contributed by atoms with E-state index in [9.17, 15) is 9.59 Å². The summed E-state index contributed by atoms with van der Waals surface area (Å²) in [6, 6.07) is 29.9. The fourth-order valence-corrected chi connectivity index (χ4v) is 5.57. The number of hydrogen-bond donors (Lipinski definition) is 1. The van der Waals surface area contributed by atoms with Crippen LogP contribution in [0.25, 0.3) is 0 Å². The van der Waals surface area contributed by atoms with Crippen molar-refractivity contribution < 1.29 is 14.3 Å². The Morgan fingerprint density at radius 2 is 1.30 bits per heavy atom. The Morgan fingerprint density at radius 1 is 0.705 bits per heavy atom. The third-order valence-electron chi connectivity index (χ3n) is 7.60. The van der Waals surface area contributed by atoms with Gasteiger partial charge in [-0.2, -0.15) is 0 Å². The number of carbonyl (C=O) groups is 2. The molecular weight excluding hydrogens is 563 g/mol.